The zero-order valence-corrected chi connectivity index (χ0v) is 11.1. The number of carbonyl (C=O) groups is 1. The van der Waals surface area contributed by atoms with Gasteiger partial charge < -0.3 is 5.32 Å². The van der Waals surface area contributed by atoms with E-state index in [1.54, 1.807) is 0 Å². The van der Waals surface area contributed by atoms with Crippen molar-refractivity contribution in [2.75, 3.05) is 6.54 Å². The normalized spacial score (nSPS) is 10.8. The van der Waals surface area contributed by atoms with Crippen LogP contribution in [0.15, 0.2) is 24.3 Å². The van der Waals surface area contributed by atoms with Crippen LogP contribution in [0.5, 0.6) is 0 Å². The molecule has 0 aliphatic carbocycles. The lowest BCUT2D eigenvalue weighted by molar-refractivity contribution is -0.118. The van der Waals surface area contributed by atoms with E-state index in [0.29, 0.717) is 24.7 Å². The number of rotatable bonds is 7. The van der Waals surface area contributed by atoms with Crippen molar-refractivity contribution in [1.29, 1.82) is 0 Å². The Balaban J connectivity index is 2.23. The van der Waals surface area contributed by atoms with Crippen LogP contribution in [-0.2, 0) is 11.2 Å². The number of aryl methyl sites for hydroxylation is 1. The summed E-state index contributed by atoms with van der Waals surface area (Å²) in [4.78, 5) is 11.7. The highest BCUT2D eigenvalue weighted by Crippen LogP contribution is 2.06. The summed E-state index contributed by atoms with van der Waals surface area (Å²) in [5.74, 6) is 0.333. The monoisotopic (exact) mass is 233 g/mol. The van der Waals surface area contributed by atoms with E-state index in [2.05, 4.69) is 38.2 Å². The summed E-state index contributed by atoms with van der Waals surface area (Å²) >= 11 is 0. The fourth-order valence-corrected chi connectivity index (χ4v) is 1.70. The van der Waals surface area contributed by atoms with Gasteiger partial charge in [0.05, 0.1) is 0 Å². The summed E-state index contributed by atoms with van der Waals surface area (Å²) in [5, 5.41) is 3.32. The highest BCUT2D eigenvalue weighted by molar-refractivity contribution is 5.80. The smallest absolute Gasteiger partial charge is 0.137 e. The molecule has 0 unspecified atom stereocenters. The molecule has 1 rings (SSSR count). The van der Waals surface area contributed by atoms with Gasteiger partial charge in [0.2, 0.25) is 0 Å². The zero-order valence-electron chi connectivity index (χ0n) is 11.1. The molecule has 94 valence electrons. The zero-order chi connectivity index (χ0) is 12.7. The lowest BCUT2D eigenvalue weighted by Crippen LogP contribution is -2.24. The Morgan fingerprint density at radius 3 is 2.47 bits per heavy atom. The van der Waals surface area contributed by atoms with Crippen LogP contribution in [0.2, 0.25) is 0 Å². The van der Waals surface area contributed by atoms with Crippen molar-refractivity contribution >= 4 is 5.78 Å². The van der Waals surface area contributed by atoms with Crippen molar-refractivity contribution in [3.63, 3.8) is 0 Å². The number of nitrogens with one attached hydrogen (secondary N) is 1. The van der Waals surface area contributed by atoms with E-state index >= 15 is 0 Å². The number of benzene rings is 1. The molecule has 0 bridgehead atoms. The largest absolute Gasteiger partial charge is 0.315 e. The summed E-state index contributed by atoms with van der Waals surface area (Å²) in [6.07, 6.45) is 2.18. The van der Waals surface area contributed by atoms with Gasteiger partial charge in [0.15, 0.2) is 0 Å². The molecule has 0 heterocycles. The van der Waals surface area contributed by atoms with E-state index in [9.17, 15) is 4.79 Å². The molecule has 2 nitrogen and oxygen atoms in total. The lowest BCUT2D eigenvalue weighted by atomic mass is 10.0. The second kappa shape index (κ2) is 7.23. The number of carbonyl (C=O) groups excluding carboxylic acids is 1. The first-order valence-electron chi connectivity index (χ1n) is 6.38. The Bertz CT molecular complexity index is 340. The molecule has 1 aromatic carbocycles. The molecule has 0 radical (unpaired) electrons. The van der Waals surface area contributed by atoms with E-state index in [-0.39, 0.29) is 0 Å². The summed E-state index contributed by atoms with van der Waals surface area (Å²) in [5.41, 5.74) is 2.36. The van der Waals surface area contributed by atoms with Crippen LogP contribution in [0.1, 0.15) is 37.8 Å². The summed E-state index contributed by atoms with van der Waals surface area (Å²) in [6, 6.07) is 8.70. The van der Waals surface area contributed by atoms with E-state index in [0.717, 1.165) is 18.5 Å². The predicted octanol–water partition coefficient (Wildman–Crippen LogP) is 2.88. The van der Waals surface area contributed by atoms with Crippen LogP contribution < -0.4 is 5.32 Å². The Labute approximate surface area is 104 Å². The van der Waals surface area contributed by atoms with E-state index in [1.165, 1.54) is 5.56 Å². The van der Waals surface area contributed by atoms with Gasteiger partial charge in [-0.2, -0.15) is 0 Å². The third-order valence-corrected chi connectivity index (χ3v) is 2.71. The first kappa shape index (κ1) is 13.9. The highest BCUT2D eigenvalue weighted by atomic mass is 16.1. The first-order valence-corrected chi connectivity index (χ1v) is 6.38. The molecule has 0 saturated carbocycles. The predicted molar refractivity (Wildman–Crippen MR) is 72.3 cm³/mol. The fourth-order valence-electron chi connectivity index (χ4n) is 1.70. The average Bonchev–Trinajstić information content (AvgIpc) is 2.27. The average molecular weight is 233 g/mol. The molecule has 0 spiro atoms. The maximum Gasteiger partial charge on any atom is 0.137 e. The molecule has 1 N–H and O–H groups in total. The molecule has 0 atom stereocenters. The Morgan fingerprint density at radius 2 is 1.88 bits per heavy atom. The number of ketones is 1. The van der Waals surface area contributed by atoms with Crippen LogP contribution in [0.3, 0.4) is 0 Å². The van der Waals surface area contributed by atoms with Gasteiger partial charge in [-0.25, -0.2) is 0 Å². The molecule has 2 heteroatoms. The second-order valence-electron chi connectivity index (χ2n) is 4.91. The maximum absolute atomic E-state index is 11.7. The van der Waals surface area contributed by atoms with Crippen molar-refractivity contribution in [1.82, 2.24) is 5.32 Å². The number of hydrogen-bond acceptors (Lipinski definition) is 2. The minimum atomic E-state index is 0.333. The molecule has 0 saturated heterocycles. The minimum Gasteiger partial charge on any atom is -0.315 e. The Morgan fingerprint density at radius 1 is 1.24 bits per heavy atom. The Hall–Kier alpha value is -1.15. The van der Waals surface area contributed by atoms with Crippen molar-refractivity contribution in [3.8, 4) is 0 Å². The van der Waals surface area contributed by atoms with Gasteiger partial charge in [0.25, 0.3) is 0 Å². The molecule has 17 heavy (non-hydrogen) atoms. The topological polar surface area (TPSA) is 29.1 Å². The molecular formula is C15H23NO. The SMILES string of the molecule is Cc1ccc(CC(=O)CCCNC(C)C)cc1. The van der Waals surface area contributed by atoms with Crippen LogP contribution >= 0.6 is 0 Å². The quantitative estimate of drug-likeness (QED) is 0.734. The van der Waals surface area contributed by atoms with Gasteiger partial charge in [-0.15, -0.1) is 0 Å². The third kappa shape index (κ3) is 6.22. The highest BCUT2D eigenvalue weighted by Gasteiger charge is 2.03. The van der Waals surface area contributed by atoms with Crippen LogP contribution in [0.25, 0.3) is 0 Å². The van der Waals surface area contributed by atoms with Crippen LogP contribution in [-0.4, -0.2) is 18.4 Å². The van der Waals surface area contributed by atoms with Gasteiger partial charge in [-0.3, -0.25) is 4.79 Å². The third-order valence-electron chi connectivity index (χ3n) is 2.71. The van der Waals surface area contributed by atoms with E-state index < -0.39 is 0 Å². The van der Waals surface area contributed by atoms with Gasteiger partial charge >= 0.3 is 0 Å². The second-order valence-corrected chi connectivity index (χ2v) is 4.91. The van der Waals surface area contributed by atoms with Gasteiger partial charge in [0, 0.05) is 18.9 Å². The van der Waals surface area contributed by atoms with Crippen molar-refractivity contribution < 1.29 is 4.79 Å². The van der Waals surface area contributed by atoms with Crippen LogP contribution in [0.4, 0.5) is 0 Å². The van der Waals surface area contributed by atoms with Crippen molar-refractivity contribution in [3.05, 3.63) is 35.4 Å². The van der Waals surface area contributed by atoms with Gasteiger partial charge in [-0.1, -0.05) is 43.7 Å². The molecule has 0 fully saturated rings. The van der Waals surface area contributed by atoms with E-state index in [4.69, 9.17) is 0 Å². The maximum atomic E-state index is 11.7. The molecule has 0 aliphatic heterocycles. The fraction of sp³-hybridized carbons (Fsp3) is 0.533. The van der Waals surface area contributed by atoms with Gasteiger partial charge in [-0.05, 0) is 25.5 Å². The van der Waals surface area contributed by atoms with E-state index in [1.807, 2.05) is 12.1 Å². The lowest BCUT2D eigenvalue weighted by Gasteiger charge is -2.07. The molecule has 0 amide bonds. The van der Waals surface area contributed by atoms with Crippen molar-refractivity contribution in [2.24, 2.45) is 0 Å². The first-order chi connectivity index (χ1) is 8.08. The minimum absolute atomic E-state index is 0.333. The molecular weight excluding hydrogens is 210 g/mol. The summed E-state index contributed by atoms with van der Waals surface area (Å²) in [7, 11) is 0. The summed E-state index contributed by atoms with van der Waals surface area (Å²) in [6.45, 7) is 7.22. The standard InChI is InChI=1S/C15H23NO/c1-12(2)16-10-4-5-15(17)11-14-8-6-13(3)7-9-14/h6-9,12,16H,4-5,10-11H2,1-3H3. The van der Waals surface area contributed by atoms with Gasteiger partial charge in [0.1, 0.15) is 5.78 Å². The molecule has 0 aromatic heterocycles. The Kier molecular flexibility index (Phi) is 5.92. The molecule has 1 aromatic rings. The number of hydrogen-bond donors (Lipinski definition) is 1. The summed E-state index contributed by atoms with van der Waals surface area (Å²) < 4.78 is 0. The number of Topliss-reactive ketones (excluding diaryl/α,β-unsaturated/α-hetero) is 1. The van der Waals surface area contributed by atoms with Crippen molar-refractivity contribution in [2.45, 2.75) is 46.1 Å². The van der Waals surface area contributed by atoms with Crippen LogP contribution in [0, 0.1) is 6.92 Å². The molecule has 0 aliphatic rings.